The maximum atomic E-state index is 11.5. The molecule has 0 amide bonds. The summed E-state index contributed by atoms with van der Waals surface area (Å²) in [4.78, 5) is 2.40. The third-order valence-electron chi connectivity index (χ3n) is 4.46. The highest BCUT2D eigenvalue weighted by Gasteiger charge is 2.26. The Morgan fingerprint density at radius 2 is 1.89 bits per heavy atom. The molecule has 1 N–H and O–H groups in total. The average molecular weight is 289 g/mol. The Labute approximate surface area is 117 Å². The minimum atomic E-state index is -3.00. The van der Waals surface area contributed by atoms with Crippen LogP contribution in [0.25, 0.3) is 0 Å². The van der Waals surface area contributed by atoms with Crippen LogP contribution in [0.3, 0.4) is 0 Å². The number of piperazine rings is 1. The number of nitrogens with zero attached hydrogens (tertiary/aromatic N) is 2. The molecule has 112 valence electrons. The average Bonchev–Trinajstić information content (AvgIpc) is 2.38. The molecule has 2 aliphatic rings. The van der Waals surface area contributed by atoms with Crippen molar-refractivity contribution >= 4 is 10.0 Å². The molecule has 6 heteroatoms. The molecule has 2 saturated heterocycles. The molecular weight excluding hydrogens is 262 g/mol. The fourth-order valence-electron chi connectivity index (χ4n) is 3.16. The Morgan fingerprint density at radius 3 is 2.47 bits per heavy atom. The lowest BCUT2D eigenvalue weighted by molar-refractivity contribution is 0.154. The first kappa shape index (κ1) is 15.2. The van der Waals surface area contributed by atoms with Crippen molar-refractivity contribution in [1.82, 2.24) is 14.5 Å². The van der Waals surface area contributed by atoms with E-state index in [1.165, 1.54) is 25.5 Å². The van der Waals surface area contributed by atoms with E-state index in [4.69, 9.17) is 0 Å². The van der Waals surface area contributed by atoms with Crippen LogP contribution in [0.1, 0.15) is 26.2 Å². The Hall–Kier alpha value is -0.170. The van der Waals surface area contributed by atoms with Crippen LogP contribution < -0.4 is 5.32 Å². The largest absolute Gasteiger partial charge is 0.313 e. The summed E-state index contributed by atoms with van der Waals surface area (Å²) in [7, 11) is -3.00. The van der Waals surface area contributed by atoms with E-state index in [0.29, 0.717) is 19.1 Å². The van der Waals surface area contributed by atoms with Crippen molar-refractivity contribution in [2.24, 2.45) is 5.92 Å². The van der Waals surface area contributed by atoms with Gasteiger partial charge in [0.05, 0.1) is 6.26 Å². The lowest BCUT2D eigenvalue weighted by atomic mass is 9.90. The van der Waals surface area contributed by atoms with Gasteiger partial charge in [-0.3, -0.25) is 4.90 Å². The molecule has 0 bridgehead atoms. The zero-order valence-electron chi connectivity index (χ0n) is 12.1. The number of hydrogen-bond donors (Lipinski definition) is 1. The van der Waals surface area contributed by atoms with Crippen LogP contribution in [0.5, 0.6) is 0 Å². The number of nitrogens with one attached hydrogen (secondary N) is 1. The summed E-state index contributed by atoms with van der Waals surface area (Å²) in [5.74, 6) is 0.864. The normalized spacial score (nSPS) is 31.5. The van der Waals surface area contributed by atoms with Crippen LogP contribution in [0.2, 0.25) is 0 Å². The van der Waals surface area contributed by atoms with Gasteiger partial charge in [-0.25, -0.2) is 8.42 Å². The van der Waals surface area contributed by atoms with Crippen LogP contribution in [0.4, 0.5) is 0 Å². The van der Waals surface area contributed by atoms with Gasteiger partial charge in [0.1, 0.15) is 0 Å². The van der Waals surface area contributed by atoms with Crippen molar-refractivity contribution in [3.05, 3.63) is 0 Å². The summed E-state index contributed by atoms with van der Waals surface area (Å²) in [6, 6.07) is 0.587. The van der Waals surface area contributed by atoms with E-state index in [-0.39, 0.29) is 0 Å². The number of sulfonamides is 1. The molecule has 0 aliphatic carbocycles. The standard InChI is InChI=1S/C13H27N3O2S/c1-3-12-4-5-14-13(10-12)11-15-6-8-16(9-7-15)19(2,17)18/h12-14H,3-11H2,1-2H3. The molecule has 2 aliphatic heterocycles. The molecule has 0 aromatic heterocycles. The lowest BCUT2D eigenvalue weighted by Gasteiger charge is -2.37. The van der Waals surface area contributed by atoms with E-state index in [1.807, 2.05) is 0 Å². The second kappa shape index (κ2) is 6.52. The molecule has 2 unspecified atom stereocenters. The number of piperidine rings is 1. The maximum Gasteiger partial charge on any atom is 0.211 e. The summed E-state index contributed by atoms with van der Waals surface area (Å²) in [5.41, 5.74) is 0. The second-order valence-electron chi connectivity index (χ2n) is 5.91. The van der Waals surface area contributed by atoms with Crippen molar-refractivity contribution in [3.8, 4) is 0 Å². The van der Waals surface area contributed by atoms with E-state index < -0.39 is 10.0 Å². The van der Waals surface area contributed by atoms with Crippen molar-refractivity contribution in [3.63, 3.8) is 0 Å². The summed E-state index contributed by atoms with van der Waals surface area (Å²) in [6.07, 6.45) is 5.15. The Balaban J connectivity index is 1.76. The molecule has 0 aromatic rings. The van der Waals surface area contributed by atoms with Crippen LogP contribution >= 0.6 is 0 Å². The highest BCUT2D eigenvalue weighted by molar-refractivity contribution is 7.88. The van der Waals surface area contributed by atoms with Gasteiger partial charge in [0.2, 0.25) is 10.0 Å². The lowest BCUT2D eigenvalue weighted by Crippen LogP contribution is -2.53. The van der Waals surface area contributed by atoms with Gasteiger partial charge in [0.25, 0.3) is 0 Å². The van der Waals surface area contributed by atoms with E-state index in [0.717, 1.165) is 32.1 Å². The number of rotatable bonds is 4. The van der Waals surface area contributed by atoms with Gasteiger partial charge in [-0.15, -0.1) is 0 Å². The van der Waals surface area contributed by atoms with Gasteiger partial charge in [-0.05, 0) is 25.3 Å². The summed E-state index contributed by atoms with van der Waals surface area (Å²) in [6.45, 7) is 7.48. The Bertz CT molecular complexity index is 377. The SMILES string of the molecule is CCC1CCNC(CN2CCN(S(C)(=O)=O)CC2)C1. The quantitative estimate of drug-likeness (QED) is 0.811. The topological polar surface area (TPSA) is 52.6 Å². The molecule has 0 saturated carbocycles. The third kappa shape index (κ3) is 4.41. The van der Waals surface area contributed by atoms with E-state index in [9.17, 15) is 8.42 Å². The second-order valence-corrected chi connectivity index (χ2v) is 7.89. The Morgan fingerprint density at radius 1 is 1.21 bits per heavy atom. The molecule has 19 heavy (non-hydrogen) atoms. The van der Waals surface area contributed by atoms with Gasteiger partial charge < -0.3 is 5.32 Å². The number of hydrogen-bond acceptors (Lipinski definition) is 4. The zero-order chi connectivity index (χ0) is 13.9. The van der Waals surface area contributed by atoms with Crippen LogP contribution in [0, 0.1) is 5.92 Å². The first-order valence-corrected chi connectivity index (χ1v) is 9.24. The van der Waals surface area contributed by atoms with E-state index in [2.05, 4.69) is 17.1 Å². The first-order valence-electron chi connectivity index (χ1n) is 7.40. The molecule has 0 aromatic carbocycles. The van der Waals surface area contributed by atoms with Crippen molar-refractivity contribution < 1.29 is 8.42 Å². The van der Waals surface area contributed by atoms with Crippen LogP contribution in [-0.2, 0) is 10.0 Å². The fraction of sp³-hybridized carbons (Fsp3) is 1.00. The summed E-state index contributed by atoms with van der Waals surface area (Å²) < 4.78 is 24.5. The van der Waals surface area contributed by atoms with Crippen LogP contribution in [0.15, 0.2) is 0 Å². The fourth-order valence-corrected chi connectivity index (χ4v) is 3.99. The monoisotopic (exact) mass is 289 g/mol. The smallest absolute Gasteiger partial charge is 0.211 e. The minimum absolute atomic E-state index is 0.587. The minimum Gasteiger partial charge on any atom is -0.313 e. The molecule has 2 rings (SSSR count). The zero-order valence-corrected chi connectivity index (χ0v) is 13.0. The van der Waals surface area contributed by atoms with Gasteiger partial charge in [-0.2, -0.15) is 4.31 Å². The molecule has 5 nitrogen and oxygen atoms in total. The van der Waals surface area contributed by atoms with Crippen molar-refractivity contribution in [1.29, 1.82) is 0 Å². The van der Waals surface area contributed by atoms with Gasteiger partial charge in [0, 0.05) is 38.8 Å². The predicted octanol–water partition coefficient (Wildman–Crippen LogP) is 0.342. The van der Waals surface area contributed by atoms with Crippen LogP contribution in [-0.4, -0.2) is 69.2 Å². The molecule has 0 spiro atoms. The molecule has 2 heterocycles. The molecule has 2 fully saturated rings. The van der Waals surface area contributed by atoms with Gasteiger partial charge in [0.15, 0.2) is 0 Å². The summed E-state index contributed by atoms with van der Waals surface area (Å²) >= 11 is 0. The van der Waals surface area contributed by atoms with E-state index >= 15 is 0 Å². The highest BCUT2D eigenvalue weighted by Crippen LogP contribution is 2.20. The molecule has 2 atom stereocenters. The van der Waals surface area contributed by atoms with Crippen molar-refractivity contribution in [2.45, 2.75) is 32.2 Å². The highest BCUT2D eigenvalue weighted by atomic mass is 32.2. The molecule has 0 radical (unpaired) electrons. The maximum absolute atomic E-state index is 11.5. The Kier molecular flexibility index (Phi) is 5.22. The predicted molar refractivity (Wildman–Crippen MR) is 77.7 cm³/mol. The molecular formula is C13H27N3O2S. The van der Waals surface area contributed by atoms with E-state index in [1.54, 1.807) is 4.31 Å². The van der Waals surface area contributed by atoms with Gasteiger partial charge >= 0.3 is 0 Å². The summed E-state index contributed by atoms with van der Waals surface area (Å²) in [5, 5.41) is 3.60. The van der Waals surface area contributed by atoms with Crippen molar-refractivity contribution in [2.75, 3.05) is 45.5 Å². The van der Waals surface area contributed by atoms with Gasteiger partial charge in [-0.1, -0.05) is 13.3 Å². The first-order chi connectivity index (χ1) is 8.99. The third-order valence-corrected chi connectivity index (χ3v) is 5.76.